The molecule has 9 nitrogen and oxygen atoms in total. The number of nitrogens with two attached hydrogens (primary N) is 1. The highest BCUT2D eigenvalue weighted by Gasteiger charge is 2.31. The SMILES string of the molecule is NC(CC[C@H](NS(=O)(=O)c1cccc2cnccc12)C(=O)N1CCCCC1)c1ncc[nH]1. The zero-order chi connectivity index (χ0) is 22.6. The number of aromatic amines is 1. The largest absolute Gasteiger partial charge is 0.347 e. The predicted molar refractivity (Wildman–Crippen MR) is 121 cm³/mol. The van der Waals surface area contributed by atoms with Crippen LogP contribution in [0.3, 0.4) is 0 Å². The number of carbonyl (C=O) groups is 1. The van der Waals surface area contributed by atoms with Crippen molar-refractivity contribution in [3.8, 4) is 0 Å². The summed E-state index contributed by atoms with van der Waals surface area (Å²) in [4.78, 5) is 26.4. The minimum absolute atomic E-state index is 0.129. The van der Waals surface area contributed by atoms with Crippen LogP contribution in [0.2, 0.25) is 0 Å². The lowest BCUT2D eigenvalue weighted by molar-refractivity contribution is -0.134. The summed E-state index contributed by atoms with van der Waals surface area (Å²) in [6.07, 6.45) is 10.1. The molecular formula is C22H28N6O3S. The zero-order valence-electron chi connectivity index (χ0n) is 17.8. The van der Waals surface area contributed by atoms with Gasteiger partial charge in [-0.3, -0.25) is 9.78 Å². The van der Waals surface area contributed by atoms with Gasteiger partial charge in [0.25, 0.3) is 0 Å². The molecule has 1 aliphatic rings. The van der Waals surface area contributed by atoms with Crippen LogP contribution in [0.25, 0.3) is 10.8 Å². The third kappa shape index (κ3) is 4.98. The van der Waals surface area contributed by atoms with E-state index >= 15 is 0 Å². The Morgan fingerprint density at radius 1 is 1.16 bits per heavy atom. The maximum Gasteiger partial charge on any atom is 0.241 e. The van der Waals surface area contributed by atoms with E-state index in [1.165, 1.54) is 0 Å². The molecular weight excluding hydrogens is 428 g/mol. The number of fused-ring (bicyclic) bond motifs is 1. The number of benzene rings is 1. The van der Waals surface area contributed by atoms with E-state index in [9.17, 15) is 13.2 Å². The van der Waals surface area contributed by atoms with E-state index in [1.54, 1.807) is 54.0 Å². The number of rotatable bonds is 8. The van der Waals surface area contributed by atoms with Crippen molar-refractivity contribution in [1.29, 1.82) is 0 Å². The second-order valence-electron chi connectivity index (χ2n) is 8.07. The van der Waals surface area contributed by atoms with Crippen molar-refractivity contribution < 1.29 is 13.2 Å². The van der Waals surface area contributed by atoms with E-state index in [1.807, 2.05) is 0 Å². The smallest absolute Gasteiger partial charge is 0.241 e. The number of hydrogen-bond donors (Lipinski definition) is 3. The fourth-order valence-electron chi connectivity index (χ4n) is 4.11. The number of carbonyl (C=O) groups excluding carboxylic acids is 1. The van der Waals surface area contributed by atoms with Gasteiger partial charge in [-0.1, -0.05) is 12.1 Å². The lowest BCUT2D eigenvalue weighted by atomic mass is 10.0. The number of hydrogen-bond acceptors (Lipinski definition) is 6. The highest BCUT2D eigenvalue weighted by atomic mass is 32.2. The van der Waals surface area contributed by atoms with Gasteiger partial charge in [0.05, 0.1) is 10.9 Å². The maximum absolute atomic E-state index is 13.4. The van der Waals surface area contributed by atoms with Crippen molar-refractivity contribution in [2.75, 3.05) is 13.1 Å². The molecule has 4 rings (SSSR count). The number of pyridine rings is 1. The molecule has 1 aliphatic heterocycles. The summed E-state index contributed by atoms with van der Waals surface area (Å²) in [6.45, 7) is 1.28. The molecule has 1 unspecified atom stereocenters. The Morgan fingerprint density at radius 2 is 1.97 bits per heavy atom. The lowest BCUT2D eigenvalue weighted by Gasteiger charge is -2.31. The Morgan fingerprint density at radius 3 is 2.72 bits per heavy atom. The van der Waals surface area contributed by atoms with Gasteiger partial charge in [0.15, 0.2) is 0 Å². The molecule has 1 amide bonds. The second kappa shape index (κ2) is 9.76. The first-order valence-electron chi connectivity index (χ1n) is 10.8. The van der Waals surface area contributed by atoms with Gasteiger partial charge in [-0.15, -0.1) is 0 Å². The van der Waals surface area contributed by atoms with Crippen molar-refractivity contribution in [3.63, 3.8) is 0 Å². The molecule has 2 atom stereocenters. The summed E-state index contributed by atoms with van der Waals surface area (Å²) in [5.74, 6) is 0.403. The summed E-state index contributed by atoms with van der Waals surface area (Å²) in [5, 5.41) is 1.28. The Bertz CT molecular complexity index is 1150. The molecule has 10 heteroatoms. The van der Waals surface area contributed by atoms with Crippen molar-refractivity contribution >= 4 is 26.7 Å². The van der Waals surface area contributed by atoms with E-state index in [4.69, 9.17) is 5.73 Å². The van der Waals surface area contributed by atoms with Gasteiger partial charge in [0, 0.05) is 48.6 Å². The van der Waals surface area contributed by atoms with E-state index in [0.717, 1.165) is 19.3 Å². The molecule has 0 radical (unpaired) electrons. The number of nitrogens with zero attached hydrogens (tertiary/aromatic N) is 3. The lowest BCUT2D eigenvalue weighted by Crippen LogP contribution is -2.50. The molecule has 0 bridgehead atoms. The maximum atomic E-state index is 13.4. The van der Waals surface area contributed by atoms with E-state index in [0.29, 0.717) is 36.1 Å². The number of H-pyrrole nitrogens is 1. The Labute approximate surface area is 187 Å². The first-order chi connectivity index (χ1) is 15.5. The average molecular weight is 457 g/mol. The highest BCUT2D eigenvalue weighted by Crippen LogP contribution is 2.24. The molecule has 3 heterocycles. The molecule has 32 heavy (non-hydrogen) atoms. The van der Waals surface area contributed by atoms with Crippen molar-refractivity contribution in [2.45, 2.75) is 49.1 Å². The van der Waals surface area contributed by atoms with Crippen LogP contribution < -0.4 is 10.5 Å². The topological polar surface area (TPSA) is 134 Å². The Hall–Kier alpha value is -2.82. The average Bonchev–Trinajstić information content (AvgIpc) is 3.36. The predicted octanol–water partition coefficient (Wildman–Crippen LogP) is 2.10. The van der Waals surface area contributed by atoms with Crippen LogP contribution in [0.15, 0.2) is 53.9 Å². The van der Waals surface area contributed by atoms with Crippen LogP contribution >= 0.6 is 0 Å². The monoisotopic (exact) mass is 456 g/mol. The van der Waals surface area contributed by atoms with Crippen LogP contribution in [0, 0.1) is 0 Å². The van der Waals surface area contributed by atoms with Gasteiger partial charge in [0.1, 0.15) is 11.9 Å². The number of likely N-dealkylation sites (tertiary alicyclic amines) is 1. The second-order valence-corrected chi connectivity index (χ2v) is 9.75. The van der Waals surface area contributed by atoms with Gasteiger partial charge >= 0.3 is 0 Å². The normalized spacial score (nSPS) is 16.7. The van der Waals surface area contributed by atoms with E-state index < -0.39 is 22.1 Å². The van der Waals surface area contributed by atoms with Crippen LogP contribution in [-0.4, -0.2) is 53.3 Å². The molecule has 3 aromatic rings. The highest BCUT2D eigenvalue weighted by molar-refractivity contribution is 7.89. The Kier molecular flexibility index (Phi) is 6.83. The molecule has 0 spiro atoms. The van der Waals surface area contributed by atoms with Crippen molar-refractivity contribution in [2.24, 2.45) is 5.73 Å². The first kappa shape index (κ1) is 22.4. The molecule has 0 saturated carbocycles. The third-order valence-corrected chi connectivity index (χ3v) is 7.36. The number of amides is 1. The van der Waals surface area contributed by atoms with Gasteiger partial charge in [-0.05, 0) is 44.2 Å². The van der Waals surface area contributed by atoms with Gasteiger partial charge in [0.2, 0.25) is 15.9 Å². The number of imidazole rings is 1. The fraction of sp³-hybridized carbons (Fsp3) is 0.409. The molecule has 0 aliphatic carbocycles. The van der Waals surface area contributed by atoms with Gasteiger partial charge in [-0.25, -0.2) is 13.4 Å². The van der Waals surface area contributed by atoms with Gasteiger partial charge < -0.3 is 15.6 Å². The molecule has 1 saturated heterocycles. The number of piperidine rings is 1. The molecule has 1 fully saturated rings. The zero-order valence-corrected chi connectivity index (χ0v) is 18.6. The molecule has 4 N–H and O–H groups in total. The van der Waals surface area contributed by atoms with E-state index in [-0.39, 0.29) is 17.2 Å². The first-order valence-corrected chi connectivity index (χ1v) is 12.3. The molecule has 2 aromatic heterocycles. The van der Waals surface area contributed by atoms with Crippen LogP contribution in [-0.2, 0) is 14.8 Å². The quantitative estimate of drug-likeness (QED) is 0.475. The van der Waals surface area contributed by atoms with Crippen molar-refractivity contribution in [1.82, 2.24) is 24.6 Å². The summed E-state index contributed by atoms with van der Waals surface area (Å²) in [6, 6.07) is 5.36. The minimum Gasteiger partial charge on any atom is -0.347 e. The van der Waals surface area contributed by atoms with E-state index in [2.05, 4.69) is 19.7 Å². The molecule has 170 valence electrons. The Balaban J connectivity index is 1.58. The van der Waals surface area contributed by atoms with Crippen molar-refractivity contribution in [3.05, 3.63) is 54.9 Å². The summed E-state index contributed by atoms with van der Waals surface area (Å²) in [5.41, 5.74) is 6.21. The summed E-state index contributed by atoms with van der Waals surface area (Å²) >= 11 is 0. The number of nitrogens with one attached hydrogen (secondary N) is 2. The minimum atomic E-state index is -3.96. The fourth-order valence-corrected chi connectivity index (χ4v) is 5.56. The van der Waals surface area contributed by atoms with Crippen LogP contribution in [0.5, 0.6) is 0 Å². The van der Waals surface area contributed by atoms with Crippen LogP contribution in [0.1, 0.15) is 44.0 Å². The summed E-state index contributed by atoms with van der Waals surface area (Å²) < 4.78 is 29.4. The standard InChI is InChI=1S/C22H28N6O3S/c23-18(21-25-11-12-26-21)7-8-19(22(29)28-13-2-1-3-14-28)27-32(30,31)20-6-4-5-16-15-24-10-9-17(16)20/h4-6,9-12,15,18-19,27H,1-3,7-8,13-14,23H2,(H,25,26)/t18?,19-/m0/s1. The van der Waals surface area contributed by atoms with Crippen LogP contribution in [0.4, 0.5) is 0 Å². The molecule has 1 aromatic carbocycles. The number of aromatic nitrogens is 3. The van der Waals surface area contributed by atoms with Gasteiger partial charge in [-0.2, -0.15) is 4.72 Å². The summed E-state index contributed by atoms with van der Waals surface area (Å²) in [7, 11) is -3.96. The number of sulfonamides is 1. The third-order valence-electron chi connectivity index (χ3n) is 5.83.